The van der Waals surface area contributed by atoms with E-state index in [4.69, 9.17) is 0 Å². The van der Waals surface area contributed by atoms with E-state index in [1.807, 2.05) is 6.92 Å². The SMILES string of the molecule is CCn1cc(NC(=O)C2CCCCC2C(=O)O)ccc1=O. The molecule has 6 heteroatoms. The van der Waals surface area contributed by atoms with Crippen LogP contribution in [-0.4, -0.2) is 21.6 Å². The van der Waals surface area contributed by atoms with Crippen molar-refractivity contribution >= 4 is 17.6 Å². The third kappa shape index (κ3) is 3.51. The van der Waals surface area contributed by atoms with Crippen LogP contribution in [0.5, 0.6) is 0 Å². The molecule has 1 aliphatic rings. The van der Waals surface area contributed by atoms with Gasteiger partial charge in [0.1, 0.15) is 0 Å². The molecule has 1 fully saturated rings. The number of carbonyl (C=O) groups is 2. The number of hydrogen-bond acceptors (Lipinski definition) is 3. The number of rotatable bonds is 4. The van der Waals surface area contributed by atoms with Crippen molar-refractivity contribution in [2.45, 2.75) is 39.2 Å². The summed E-state index contributed by atoms with van der Waals surface area (Å²) < 4.78 is 1.49. The molecule has 2 atom stereocenters. The van der Waals surface area contributed by atoms with E-state index in [0.29, 0.717) is 25.1 Å². The zero-order valence-electron chi connectivity index (χ0n) is 12.0. The van der Waals surface area contributed by atoms with Crippen LogP contribution in [0.1, 0.15) is 32.6 Å². The van der Waals surface area contributed by atoms with Crippen molar-refractivity contribution in [3.63, 3.8) is 0 Å². The highest BCUT2D eigenvalue weighted by Gasteiger charge is 2.35. The van der Waals surface area contributed by atoms with E-state index < -0.39 is 17.8 Å². The summed E-state index contributed by atoms with van der Waals surface area (Å²) in [6.45, 7) is 2.36. The topological polar surface area (TPSA) is 88.4 Å². The number of aromatic nitrogens is 1. The number of hydrogen-bond donors (Lipinski definition) is 2. The molecule has 2 unspecified atom stereocenters. The van der Waals surface area contributed by atoms with E-state index in [0.717, 1.165) is 12.8 Å². The zero-order valence-corrected chi connectivity index (χ0v) is 12.0. The van der Waals surface area contributed by atoms with Crippen LogP contribution in [0.2, 0.25) is 0 Å². The number of pyridine rings is 1. The first kappa shape index (κ1) is 15.3. The van der Waals surface area contributed by atoms with E-state index in [1.54, 1.807) is 12.3 Å². The molecule has 0 aromatic carbocycles. The van der Waals surface area contributed by atoms with Crippen molar-refractivity contribution in [1.29, 1.82) is 0 Å². The van der Waals surface area contributed by atoms with Crippen molar-refractivity contribution in [3.8, 4) is 0 Å². The molecule has 1 saturated carbocycles. The van der Waals surface area contributed by atoms with E-state index >= 15 is 0 Å². The van der Waals surface area contributed by atoms with Gasteiger partial charge in [-0.05, 0) is 25.8 Å². The smallest absolute Gasteiger partial charge is 0.307 e. The van der Waals surface area contributed by atoms with Crippen LogP contribution in [0.4, 0.5) is 5.69 Å². The molecule has 0 aliphatic heterocycles. The highest BCUT2D eigenvalue weighted by atomic mass is 16.4. The number of amides is 1. The molecule has 1 aromatic heterocycles. The van der Waals surface area contributed by atoms with Gasteiger partial charge in [-0.2, -0.15) is 0 Å². The molecule has 1 aliphatic carbocycles. The molecule has 21 heavy (non-hydrogen) atoms. The van der Waals surface area contributed by atoms with Crippen molar-refractivity contribution in [3.05, 3.63) is 28.7 Å². The number of anilines is 1. The third-order valence-corrected chi connectivity index (χ3v) is 4.01. The monoisotopic (exact) mass is 292 g/mol. The Balaban J connectivity index is 2.13. The lowest BCUT2D eigenvalue weighted by atomic mass is 9.78. The molecule has 2 rings (SSSR count). The van der Waals surface area contributed by atoms with Crippen LogP contribution in [0, 0.1) is 11.8 Å². The fourth-order valence-corrected chi connectivity index (χ4v) is 2.83. The Morgan fingerprint density at radius 2 is 1.95 bits per heavy atom. The Kier molecular flexibility index (Phi) is 4.77. The Labute approximate surface area is 122 Å². The molecule has 1 heterocycles. The minimum Gasteiger partial charge on any atom is -0.481 e. The maximum Gasteiger partial charge on any atom is 0.307 e. The summed E-state index contributed by atoms with van der Waals surface area (Å²) in [5.74, 6) is -2.30. The average Bonchev–Trinajstić information content (AvgIpc) is 2.49. The van der Waals surface area contributed by atoms with Gasteiger partial charge in [0.2, 0.25) is 5.91 Å². The number of carboxylic acids is 1. The molecule has 1 aromatic rings. The molecule has 0 bridgehead atoms. The van der Waals surface area contributed by atoms with Gasteiger partial charge in [0.25, 0.3) is 5.56 Å². The first-order valence-corrected chi connectivity index (χ1v) is 7.27. The Morgan fingerprint density at radius 1 is 1.29 bits per heavy atom. The van der Waals surface area contributed by atoms with E-state index in [9.17, 15) is 19.5 Å². The summed E-state index contributed by atoms with van der Waals surface area (Å²) in [5.41, 5.74) is 0.396. The van der Waals surface area contributed by atoms with Gasteiger partial charge in [-0.3, -0.25) is 14.4 Å². The van der Waals surface area contributed by atoms with Gasteiger partial charge >= 0.3 is 5.97 Å². The van der Waals surface area contributed by atoms with Crippen molar-refractivity contribution in [2.75, 3.05) is 5.32 Å². The Hall–Kier alpha value is -2.11. The highest BCUT2D eigenvalue weighted by Crippen LogP contribution is 2.31. The summed E-state index contributed by atoms with van der Waals surface area (Å²) in [4.78, 5) is 35.1. The molecule has 6 nitrogen and oxygen atoms in total. The fourth-order valence-electron chi connectivity index (χ4n) is 2.83. The van der Waals surface area contributed by atoms with Crippen molar-refractivity contribution in [1.82, 2.24) is 4.57 Å². The molecule has 0 radical (unpaired) electrons. The lowest BCUT2D eigenvalue weighted by molar-refractivity contribution is -0.147. The summed E-state index contributed by atoms with van der Waals surface area (Å²) in [5, 5.41) is 12.0. The zero-order chi connectivity index (χ0) is 15.4. The number of nitrogens with zero attached hydrogens (tertiary/aromatic N) is 1. The van der Waals surface area contributed by atoms with Gasteiger partial charge in [-0.25, -0.2) is 0 Å². The number of carboxylic acid groups (broad SMARTS) is 1. The standard InChI is InChI=1S/C15H20N2O4/c1-2-17-9-10(7-8-13(17)18)16-14(19)11-5-3-4-6-12(11)15(20)21/h7-9,11-12H,2-6H2,1H3,(H,16,19)(H,20,21). The molecular weight excluding hydrogens is 272 g/mol. The third-order valence-electron chi connectivity index (χ3n) is 4.01. The van der Waals surface area contributed by atoms with Gasteiger partial charge in [-0.1, -0.05) is 12.8 Å². The minimum absolute atomic E-state index is 0.128. The van der Waals surface area contributed by atoms with Gasteiger partial charge in [0, 0.05) is 18.8 Å². The molecule has 0 saturated heterocycles. The second kappa shape index (κ2) is 6.56. The van der Waals surface area contributed by atoms with Gasteiger partial charge in [-0.15, -0.1) is 0 Å². The molecule has 114 valence electrons. The quantitative estimate of drug-likeness (QED) is 0.884. The van der Waals surface area contributed by atoms with Crippen LogP contribution in [-0.2, 0) is 16.1 Å². The first-order chi connectivity index (χ1) is 10.0. The highest BCUT2D eigenvalue weighted by molar-refractivity contribution is 5.95. The maximum atomic E-state index is 12.3. The lowest BCUT2D eigenvalue weighted by Gasteiger charge is -2.27. The van der Waals surface area contributed by atoms with E-state index in [1.165, 1.54) is 10.6 Å². The Bertz CT molecular complexity index is 594. The summed E-state index contributed by atoms with van der Waals surface area (Å²) in [6, 6.07) is 2.94. The number of aryl methyl sites for hydroxylation is 1. The van der Waals surface area contributed by atoms with Crippen LogP contribution < -0.4 is 10.9 Å². The van der Waals surface area contributed by atoms with E-state index in [2.05, 4.69) is 5.32 Å². The second-order valence-electron chi connectivity index (χ2n) is 5.37. The summed E-state index contributed by atoms with van der Waals surface area (Å²) in [6.07, 6.45) is 4.44. The number of nitrogens with one attached hydrogen (secondary N) is 1. The summed E-state index contributed by atoms with van der Waals surface area (Å²) in [7, 11) is 0. The maximum absolute atomic E-state index is 12.3. The number of carbonyl (C=O) groups excluding carboxylic acids is 1. The van der Waals surface area contributed by atoms with Crippen LogP contribution in [0.15, 0.2) is 23.1 Å². The second-order valence-corrected chi connectivity index (χ2v) is 5.37. The van der Waals surface area contributed by atoms with Gasteiger partial charge < -0.3 is 15.0 Å². The lowest BCUT2D eigenvalue weighted by Crippen LogP contribution is -2.36. The first-order valence-electron chi connectivity index (χ1n) is 7.27. The number of aliphatic carboxylic acids is 1. The Morgan fingerprint density at radius 3 is 2.57 bits per heavy atom. The molecule has 0 spiro atoms. The van der Waals surface area contributed by atoms with Crippen LogP contribution >= 0.6 is 0 Å². The van der Waals surface area contributed by atoms with Crippen LogP contribution in [0.25, 0.3) is 0 Å². The summed E-state index contributed by atoms with van der Waals surface area (Å²) >= 11 is 0. The van der Waals surface area contributed by atoms with Crippen LogP contribution in [0.3, 0.4) is 0 Å². The van der Waals surface area contributed by atoms with Gasteiger partial charge in [0.15, 0.2) is 0 Å². The van der Waals surface area contributed by atoms with Crippen molar-refractivity contribution < 1.29 is 14.7 Å². The minimum atomic E-state index is -0.909. The predicted octanol–water partition coefficient (Wildman–Crippen LogP) is 1.70. The molecule has 2 N–H and O–H groups in total. The van der Waals surface area contributed by atoms with E-state index in [-0.39, 0.29) is 11.5 Å². The van der Waals surface area contributed by atoms with Crippen molar-refractivity contribution in [2.24, 2.45) is 11.8 Å². The molecule has 1 amide bonds. The normalized spacial score (nSPS) is 21.8. The predicted molar refractivity (Wildman–Crippen MR) is 78.1 cm³/mol. The molecular formula is C15H20N2O4. The van der Waals surface area contributed by atoms with Gasteiger partial charge in [0.05, 0.1) is 17.5 Å². The largest absolute Gasteiger partial charge is 0.481 e. The average molecular weight is 292 g/mol. The fraction of sp³-hybridized carbons (Fsp3) is 0.533.